The molecular formula is C21H33ClN2O3S. The Morgan fingerprint density at radius 2 is 1.75 bits per heavy atom. The highest BCUT2D eigenvalue weighted by molar-refractivity contribution is 7.89. The molecule has 1 aliphatic rings. The van der Waals surface area contributed by atoms with E-state index in [2.05, 4.69) is 33.0 Å². The van der Waals surface area contributed by atoms with Gasteiger partial charge in [0.05, 0.1) is 15.5 Å². The van der Waals surface area contributed by atoms with E-state index in [9.17, 15) is 13.2 Å². The minimum absolute atomic E-state index is 0.0389. The van der Waals surface area contributed by atoms with Gasteiger partial charge in [0.25, 0.3) is 5.91 Å². The summed E-state index contributed by atoms with van der Waals surface area (Å²) in [6.45, 7) is 13.4. The summed E-state index contributed by atoms with van der Waals surface area (Å²) in [6.07, 6.45) is 2.47. The third kappa shape index (κ3) is 5.94. The lowest BCUT2D eigenvalue weighted by Gasteiger charge is -2.33. The van der Waals surface area contributed by atoms with Gasteiger partial charge in [-0.05, 0) is 62.6 Å². The summed E-state index contributed by atoms with van der Waals surface area (Å²) >= 11 is 6.24. The van der Waals surface area contributed by atoms with Crippen molar-refractivity contribution in [2.45, 2.75) is 71.2 Å². The maximum atomic E-state index is 13.0. The van der Waals surface area contributed by atoms with Crippen LogP contribution < -0.4 is 5.32 Å². The van der Waals surface area contributed by atoms with Gasteiger partial charge in [-0.25, -0.2) is 8.42 Å². The van der Waals surface area contributed by atoms with E-state index in [1.807, 2.05) is 13.8 Å². The summed E-state index contributed by atoms with van der Waals surface area (Å²) in [6, 6.07) is 4.37. The van der Waals surface area contributed by atoms with Crippen molar-refractivity contribution < 1.29 is 13.2 Å². The lowest BCUT2D eigenvalue weighted by molar-refractivity contribution is 0.0891. The normalized spacial score (nSPS) is 17.5. The average Bonchev–Trinajstić information content (AvgIpc) is 2.52. The van der Waals surface area contributed by atoms with Crippen LogP contribution in [0.1, 0.15) is 71.2 Å². The van der Waals surface area contributed by atoms with Gasteiger partial charge in [-0.3, -0.25) is 4.79 Å². The van der Waals surface area contributed by atoms with Crippen molar-refractivity contribution in [2.24, 2.45) is 11.3 Å². The first-order valence-corrected chi connectivity index (χ1v) is 11.7. The largest absolute Gasteiger partial charge is 0.347 e. The summed E-state index contributed by atoms with van der Waals surface area (Å²) in [5.74, 6) is 0.173. The second-order valence-corrected chi connectivity index (χ2v) is 12.1. The third-order valence-corrected chi connectivity index (χ3v) is 7.21. The van der Waals surface area contributed by atoms with Crippen LogP contribution in [0, 0.1) is 11.3 Å². The van der Waals surface area contributed by atoms with Crippen molar-refractivity contribution in [3.63, 3.8) is 0 Å². The van der Waals surface area contributed by atoms with Crippen molar-refractivity contribution in [1.82, 2.24) is 9.62 Å². The smallest absolute Gasteiger partial charge is 0.253 e. The van der Waals surface area contributed by atoms with Crippen LogP contribution in [0.15, 0.2) is 23.1 Å². The molecule has 0 aromatic heterocycles. The van der Waals surface area contributed by atoms with Crippen LogP contribution in [0.2, 0.25) is 5.02 Å². The van der Waals surface area contributed by atoms with E-state index < -0.39 is 15.6 Å². The van der Waals surface area contributed by atoms with E-state index in [1.54, 1.807) is 0 Å². The number of hydrogen-bond donors (Lipinski definition) is 1. The van der Waals surface area contributed by atoms with Gasteiger partial charge in [-0.1, -0.05) is 39.3 Å². The van der Waals surface area contributed by atoms with Gasteiger partial charge in [0.1, 0.15) is 0 Å². The van der Waals surface area contributed by atoms with E-state index in [-0.39, 0.29) is 26.8 Å². The van der Waals surface area contributed by atoms with E-state index in [0.29, 0.717) is 19.0 Å². The number of nitrogens with one attached hydrogen (secondary N) is 1. The summed E-state index contributed by atoms with van der Waals surface area (Å²) in [7, 11) is -3.64. The van der Waals surface area contributed by atoms with Crippen LogP contribution in [-0.2, 0) is 10.0 Å². The van der Waals surface area contributed by atoms with E-state index >= 15 is 0 Å². The van der Waals surface area contributed by atoms with Gasteiger partial charge >= 0.3 is 0 Å². The molecule has 0 atom stereocenters. The molecule has 28 heavy (non-hydrogen) atoms. The molecule has 158 valence electrons. The zero-order chi connectivity index (χ0) is 21.3. The summed E-state index contributed by atoms with van der Waals surface area (Å²) in [5.41, 5.74) is -0.219. The molecule has 7 heteroatoms. The van der Waals surface area contributed by atoms with Crippen LogP contribution in [0.5, 0.6) is 0 Å². The van der Waals surface area contributed by atoms with E-state index in [1.165, 1.54) is 22.5 Å². The first-order chi connectivity index (χ1) is 12.7. The monoisotopic (exact) mass is 428 g/mol. The highest BCUT2D eigenvalue weighted by Crippen LogP contribution is 2.29. The van der Waals surface area contributed by atoms with Crippen molar-refractivity contribution in [1.29, 1.82) is 0 Å². The summed E-state index contributed by atoms with van der Waals surface area (Å²) in [4.78, 5) is 13.0. The molecular weight excluding hydrogens is 396 g/mol. The zero-order valence-corrected chi connectivity index (χ0v) is 19.4. The molecule has 0 bridgehead atoms. The summed E-state index contributed by atoms with van der Waals surface area (Å²) < 4.78 is 27.5. The minimum Gasteiger partial charge on any atom is -0.347 e. The van der Waals surface area contributed by atoms with Gasteiger partial charge in [-0.2, -0.15) is 4.31 Å². The fourth-order valence-electron chi connectivity index (χ4n) is 3.96. The maximum absolute atomic E-state index is 13.0. The highest BCUT2D eigenvalue weighted by atomic mass is 35.5. The van der Waals surface area contributed by atoms with Crippen LogP contribution in [-0.4, -0.2) is 37.3 Å². The molecule has 0 saturated carbocycles. The van der Waals surface area contributed by atoms with Crippen LogP contribution in [0.25, 0.3) is 0 Å². The number of sulfonamides is 1. The van der Waals surface area contributed by atoms with Gasteiger partial charge < -0.3 is 5.32 Å². The number of rotatable bonds is 5. The molecule has 2 rings (SSSR count). The molecule has 1 aromatic rings. The minimum atomic E-state index is -3.64. The van der Waals surface area contributed by atoms with E-state index in [4.69, 9.17) is 11.6 Å². The molecule has 0 spiro atoms. The number of nitrogens with zero attached hydrogens (tertiary/aromatic N) is 1. The molecule has 1 saturated heterocycles. The molecule has 5 nitrogen and oxygen atoms in total. The Kier molecular flexibility index (Phi) is 6.89. The second kappa shape index (κ2) is 8.33. The first kappa shape index (κ1) is 23.2. The van der Waals surface area contributed by atoms with Gasteiger partial charge in [-0.15, -0.1) is 0 Å². The Morgan fingerprint density at radius 3 is 2.29 bits per heavy atom. The number of carbonyl (C=O) groups excluding carboxylic acids is 1. The SMILES string of the molecule is CC1CCN(S(=O)(=O)c2ccc(Cl)c(C(=O)NC(C)(C)CC(C)(C)C)c2)CC1. The first-order valence-electron chi connectivity index (χ1n) is 9.83. The Balaban J connectivity index is 2.26. The fourth-order valence-corrected chi connectivity index (χ4v) is 5.66. The Labute approximate surface area is 174 Å². The molecule has 0 radical (unpaired) electrons. The maximum Gasteiger partial charge on any atom is 0.253 e. The fraction of sp³-hybridized carbons (Fsp3) is 0.667. The lowest BCUT2D eigenvalue weighted by Crippen LogP contribution is -2.46. The molecule has 1 fully saturated rings. The quantitative estimate of drug-likeness (QED) is 0.738. The predicted molar refractivity (Wildman–Crippen MR) is 114 cm³/mol. The van der Waals surface area contributed by atoms with Crippen molar-refractivity contribution in [2.75, 3.05) is 13.1 Å². The molecule has 0 aliphatic carbocycles. The van der Waals surface area contributed by atoms with Crippen LogP contribution in [0.4, 0.5) is 0 Å². The molecule has 1 amide bonds. The Bertz CT molecular complexity index is 821. The summed E-state index contributed by atoms with van der Waals surface area (Å²) in [5, 5.41) is 3.25. The highest BCUT2D eigenvalue weighted by Gasteiger charge is 2.31. The standard InChI is InChI=1S/C21H33ClN2O3S/c1-15-9-11-24(12-10-15)28(26,27)16-7-8-18(22)17(13-16)19(25)23-21(5,6)14-20(2,3)4/h7-8,13,15H,9-12,14H2,1-6H3,(H,23,25). The van der Waals surface area contributed by atoms with Crippen molar-refractivity contribution in [3.05, 3.63) is 28.8 Å². The molecule has 1 aliphatic heterocycles. The topological polar surface area (TPSA) is 66.5 Å². The Morgan fingerprint density at radius 1 is 1.18 bits per heavy atom. The lowest BCUT2D eigenvalue weighted by atomic mass is 9.81. The van der Waals surface area contributed by atoms with Crippen molar-refractivity contribution in [3.8, 4) is 0 Å². The number of piperidine rings is 1. The van der Waals surface area contributed by atoms with Crippen LogP contribution >= 0.6 is 11.6 Å². The predicted octanol–water partition coefficient (Wildman–Crippen LogP) is 4.71. The van der Waals surface area contributed by atoms with Gasteiger partial charge in [0, 0.05) is 18.6 Å². The number of halogens is 1. The van der Waals surface area contributed by atoms with Crippen molar-refractivity contribution >= 4 is 27.5 Å². The molecule has 1 N–H and O–H groups in total. The number of benzene rings is 1. The average molecular weight is 429 g/mol. The van der Waals surface area contributed by atoms with Crippen LogP contribution in [0.3, 0.4) is 0 Å². The second-order valence-electron chi connectivity index (χ2n) is 9.80. The van der Waals surface area contributed by atoms with Gasteiger partial charge in [0.15, 0.2) is 0 Å². The number of amides is 1. The zero-order valence-electron chi connectivity index (χ0n) is 17.8. The molecule has 1 heterocycles. The van der Waals surface area contributed by atoms with E-state index in [0.717, 1.165) is 19.3 Å². The van der Waals surface area contributed by atoms with Gasteiger partial charge in [0.2, 0.25) is 10.0 Å². The Hall–Kier alpha value is -1.11. The number of hydrogen-bond acceptors (Lipinski definition) is 3. The third-order valence-electron chi connectivity index (χ3n) is 4.99. The molecule has 0 unspecified atom stereocenters. The molecule has 1 aromatic carbocycles. The number of carbonyl (C=O) groups is 1.